The Kier molecular flexibility index (Phi) is 5.24. The van der Waals surface area contributed by atoms with Gasteiger partial charge in [-0.2, -0.15) is 0 Å². The van der Waals surface area contributed by atoms with Gasteiger partial charge in [-0.1, -0.05) is 26.7 Å². The summed E-state index contributed by atoms with van der Waals surface area (Å²) in [4.78, 5) is 11.2. The van der Waals surface area contributed by atoms with Crippen LogP contribution < -0.4 is 10.0 Å². The van der Waals surface area contributed by atoms with Gasteiger partial charge in [-0.3, -0.25) is 4.79 Å². The molecule has 0 heterocycles. The number of anilines is 1. The Labute approximate surface area is 132 Å². The van der Waals surface area contributed by atoms with E-state index in [9.17, 15) is 13.2 Å². The van der Waals surface area contributed by atoms with E-state index >= 15 is 0 Å². The highest BCUT2D eigenvalue weighted by atomic mass is 32.2. The maximum atomic E-state index is 12.5. The van der Waals surface area contributed by atoms with E-state index in [0.717, 1.165) is 19.3 Å². The number of benzene rings is 1. The molecule has 22 heavy (non-hydrogen) atoms. The predicted molar refractivity (Wildman–Crippen MR) is 87.0 cm³/mol. The zero-order valence-electron chi connectivity index (χ0n) is 13.3. The van der Waals surface area contributed by atoms with Crippen LogP contribution >= 0.6 is 0 Å². The first-order valence-electron chi connectivity index (χ1n) is 7.69. The summed E-state index contributed by atoms with van der Waals surface area (Å²) >= 11 is 0. The average Bonchev–Trinajstić information content (AvgIpc) is 2.44. The lowest BCUT2D eigenvalue weighted by atomic mass is 9.78. The van der Waals surface area contributed by atoms with Gasteiger partial charge in [0.1, 0.15) is 0 Å². The van der Waals surface area contributed by atoms with Gasteiger partial charge in [-0.15, -0.1) is 0 Å². The third-order valence-electron chi connectivity index (χ3n) is 4.50. The molecule has 0 aliphatic heterocycles. The quantitative estimate of drug-likeness (QED) is 0.894. The monoisotopic (exact) mass is 324 g/mol. The van der Waals surface area contributed by atoms with Gasteiger partial charge in [-0.25, -0.2) is 13.1 Å². The van der Waals surface area contributed by atoms with E-state index in [0.29, 0.717) is 17.5 Å². The molecular formula is C16H24N2O3S. The molecule has 0 bridgehead atoms. The Hall–Kier alpha value is -1.40. The average molecular weight is 324 g/mol. The maximum Gasteiger partial charge on any atom is 0.240 e. The lowest BCUT2D eigenvalue weighted by Crippen LogP contribution is -2.43. The third-order valence-corrected chi connectivity index (χ3v) is 6.00. The van der Waals surface area contributed by atoms with Crippen LogP contribution in [-0.2, 0) is 14.8 Å². The van der Waals surface area contributed by atoms with Crippen molar-refractivity contribution >= 4 is 21.6 Å². The first-order valence-corrected chi connectivity index (χ1v) is 9.18. The van der Waals surface area contributed by atoms with Crippen LogP contribution in [0.25, 0.3) is 0 Å². The van der Waals surface area contributed by atoms with E-state index in [1.165, 1.54) is 19.1 Å². The molecule has 0 saturated heterocycles. The second-order valence-corrected chi connectivity index (χ2v) is 7.91. The predicted octanol–water partition coefficient (Wildman–Crippen LogP) is 2.75. The molecule has 0 radical (unpaired) electrons. The molecule has 122 valence electrons. The third kappa shape index (κ3) is 4.08. The normalized spacial score (nSPS) is 25.7. The Morgan fingerprint density at radius 2 is 1.77 bits per heavy atom. The topological polar surface area (TPSA) is 75.3 Å². The number of amides is 1. The zero-order chi connectivity index (χ0) is 16.3. The van der Waals surface area contributed by atoms with Gasteiger partial charge in [0.25, 0.3) is 0 Å². The number of hydrogen-bond acceptors (Lipinski definition) is 3. The molecular weight excluding hydrogens is 300 g/mol. The first-order chi connectivity index (χ1) is 10.3. The number of carbonyl (C=O) groups excluding carboxylic acids is 1. The summed E-state index contributed by atoms with van der Waals surface area (Å²) in [6, 6.07) is 6.23. The largest absolute Gasteiger partial charge is 0.326 e. The van der Waals surface area contributed by atoms with Crippen molar-refractivity contribution in [2.24, 2.45) is 11.8 Å². The van der Waals surface area contributed by atoms with Crippen molar-refractivity contribution in [1.82, 2.24) is 4.72 Å². The minimum absolute atomic E-state index is 0.0104. The number of carbonyl (C=O) groups is 1. The highest BCUT2D eigenvalue weighted by Crippen LogP contribution is 2.30. The van der Waals surface area contributed by atoms with Gasteiger partial charge in [0.2, 0.25) is 15.9 Å². The second kappa shape index (κ2) is 6.79. The second-order valence-electron chi connectivity index (χ2n) is 6.20. The highest BCUT2D eigenvalue weighted by molar-refractivity contribution is 7.89. The first kappa shape index (κ1) is 17.0. The summed E-state index contributed by atoms with van der Waals surface area (Å²) in [5, 5.41) is 2.62. The van der Waals surface area contributed by atoms with Gasteiger partial charge in [0.05, 0.1) is 4.90 Å². The minimum atomic E-state index is -3.52. The lowest BCUT2D eigenvalue weighted by Gasteiger charge is -2.34. The van der Waals surface area contributed by atoms with E-state index in [4.69, 9.17) is 0 Å². The van der Waals surface area contributed by atoms with E-state index in [1.807, 2.05) is 0 Å². The van der Waals surface area contributed by atoms with Crippen molar-refractivity contribution in [3.05, 3.63) is 24.3 Å². The minimum Gasteiger partial charge on any atom is -0.326 e. The van der Waals surface area contributed by atoms with Crippen molar-refractivity contribution in [1.29, 1.82) is 0 Å². The molecule has 1 aliphatic rings. The molecule has 1 amide bonds. The standard InChI is InChI=1S/C16H24N2O3S/c1-11-5-4-6-16(12(11)2)18-22(20,21)15-9-7-14(8-10-15)17-13(3)19/h7-12,16,18H,4-6H2,1-3H3,(H,17,19)/t11-,12-,16+/m0/s1. The fourth-order valence-electron chi connectivity index (χ4n) is 2.94. The molecule has 0 aromatic heterocycles. The summed E-state index contributed by atoms with van der Waals surface area (Å²) in [6.45, 7) is 5.70. The van der Waals surface area contributed by atoms with Crippen LogP contribution in [0.15, 0.2) is 29.2 Å². The summed E-state index contributed by atoms with van der Waals surface area (Å²) in [5.74, 6) is 0.685. The smallest absolute Gasteiger partial charge is 0.240 e. The lowest BCUT2D eigenvalue weighted by molar-refractivity contribution is -0.114. The van der Waals surface area contributed by atoms with Crippen molar-refractivity contribution < 1.29 is 13.2 Å². The van der Waals surface area contributed by atoms with Gasteiger partial charge in [0, 0.05) is 18.7 Å². The zero-order valence-corrected chi connectivity index (χ0v) is 14.1. The Balaban J connectivity index is 2.11. The Bertz CT molecular complexity index is 625. The Morgan fingerprint density at radius 3 is 2.36 bits per heavy atom. The van der Waals surface area contributed by atoms with Crippen LogP contribution in [0.1, 0.15) is 40.0 Å². The van der Waals surface area contributed by atoms with Crippen LogP contribution in [0, 0.1) is 11.8 Å². The maximum absolute atomic E-state index is 12.5. The fraction of sp³-hybridized carbons (Fsp3) is 0.562. The van der Waals surface area contributed by atoms with Crippen LogP contribution in [-0.4, -0.2) is 20.4 Å². The summed E-state index contributed by atoms with van der Waals surface area (Å²) in [6.07, 6.45) is 3.10. The van der Waals surface area contributed by atoms with Gasteiger partial charge in [0.15, 0.2) is 0 Å². The van der Waals surface area contributed by atoms with E-state index in [1.54, 1.807) is 12.1 Å². The molecule has 6 heteroatoms. The molecule has 5 nitrogen and oxygen atoms in total. The van der Waals surface area contributed by atoms with Crippen molar-refractivity contribution in [3.8, 4) is 0 Å². The molecule has 2 N–H and O–H groups in total. The van der Waals surface area contributed by atoms with Crippen molar-refractivity contribution in [2.45, 2.75) is 51.0 Å². The molecule has 3 atom stereocenters. The molecule has 1 saturated carbocycles. The molecule has 0 unspecified atom stereocenters. The molecule has 1 aromatic carbocycles. The van der Waals surface area contributed by atoms with E-state index < -0.39 is 10.0 Å². The van der Waals surface area contributed by atoms with Gasteiger partial charge >= 0.3 is 0 Å². The highest BCUT2D eigenvalue weighted by Gasteiger charge is 2.30. The van der Waals surface area contributed by atoms with E-state index in [2.05, 4.69) is 23.9 Å². The molecule has 0 spiro atoms. The van der Waals surface area contributed by atoms with Crippen LogP contribution in [0.3, 0.4) is 0 Å². The fourth-order valence-corrected chi connectivity index (χ4v) is 4.30. The van der Waals surface area contributed by atoms with Crippen LogP contribution in [0.4, 0.5) is 5.69 Å². The molecule has 1 aromatic rings. The summed E-state index contributed by atoms with van der Waals surface area (Å²) in [7, 11) is -3.52. The molecule has 2 rings (SSSR count). The SMILES string of the molecule is CC(=O)Nc1ccc(S(=O)(=O)N[C@@H]2CCC[C@H](C)[C@@H]2C)cc1. The van der Waals surface area contributed by atoms with Crippen LogP contribution in [0.5, 0.6) is 0 Å². The van der Waals surface area contributed by atoms with Gasteiger partial charge < -0.3 is 5.32 Å². The van der Waals surface area contributed by atoms with E-state index in [-0.39, 0.29) is 16.8 Å². The summed E-state index contributed by atoms with van der Waals surface area (Å²) in [5.41, 5.74) is 0.589. The summed E-state index contributed by atoms with van der Waals surface area (Å²) < 4.78 is 27.8. The van der Waals surface area contributed by atoms with Crippen molar-refractivity contribution in [2.75, 3.05) is 5.32 Å². The van der Waals surface area contributed by atoms with Gasteiger partial charge in [-0.05, 0) is 42.5 Å². The van der Waals surface area contributed by atoms with Crippen molar-refractivity contribution in [3.63, 3.8) is 0 Å². The number of sulfonamides is 1. The number of hydrogen-bond donors (Lipinski definition) is 2. The molecule has 1 aliphatic carbocycles. The number of rotatable bonds is 4. The Morgan fingerprint density at radius 1 is 1.14 bits per heavy atom. The molecule has 1 fully saturated rings. The van der Waals surface area contributed by atoms with Crippen LogP contribution in [0.2, 0.25) is 0 Å². The number of nitrogens with one attached hydrogen (secondary N) is 2.